The smallest absolute Gasteiger partial charge is 0.00952 e. The van der Waals surface area contributed by atoms with Crippen LogP contribution in [0.3, 0.4) is 0 Å². The molecular weight excluding hydrogens is 230 g/mol. The largest absolute Gasteiger partial charge is 0.314 e. The fraction of sp³-hybridized carbons (Fsp3) is 1.00. The molecule has 0 heterocycles. The quantitative estimate of drug-likeness (QED) is 0.448. The van der Waals surface area contributed by atoms with Gasteiger partial charge >= 0.3 is 0 Å². The highest BCUT2D eigenvalue weighted by Gasteiger charge is 2.23. The van der Waals surface area contributed by atoms with Crippen molar-refractivity contribution in [2.75, 3.05) is 6.54 Å². The second-order valence-electron chi connectivity index (χ2n) is 6.47. The average Bonchev–Trinajstić information content (AvgIpc) is 2.94. The van der Waals surface area contributed by atoms with Crippen molar-refractivity contribution in [2.24, 2.45) is 5.92 Å². The van der Waals surface area contributed by atoms with Gasteiger partial charge in [-0.15, -0.1) is 0 Å². The molecule has 0 aliphatic heterocycles. The van der Waals surface area contributed by atoms with Crippen molar-refractivity contribution in [3.8, 4) is 0 Å². The molecule has 1 aliphatic rings. The molecule has 0 aromatic carbocycles. The monoisotopic (exact) mass is 267 g/mol. The third-order valence-corrected chi connectivity index (χ3v) is 4.80. The summed E-state index contributed by atoms with van der Waals surface area (Å²) in [5, 5.41) is 3.74. The van der Waals surface area contributed by atoms with Crippen LogP contribution in [0.2, 0.25) is 0 Å². The van der Waals surface area contributed by atoms with Gasteiger partial charge in [0.15, 0.2) is 0 Å². The summed E-state index contributed by atoms with van der Waals surface area (Å²) >= 11 is 0. The maximum atomic E-state index is 3.74. The SMILES string of the molecule is CCCCCCCCCCC(NCC)C1CCCC1. The van der Waals surface area contributed by atoms with Crippen LogP contribution in [-0.4, -0.2) is 12.6 Å². The van der Waals surface area contributed by atoms with Gasteiger partial charge in [-0.2, -0.15) is 0 Å². The normalized spacial score (nSPS) is 18.0. The predicted octanol–water partition coefficient (Wildman–Crippen LogP) is 5.69. The summed E-state index contributed by atoms with van der Waals surface area (Å²) in [6.45, 7) is 5.71. The molecule has 1 heteroatoms. The van der Waals surface area contributed by atoms with Gasteiger partial charge in [-0.3, -0.25) is 0 Å². The number of rotatable bonds is 12. The summed E-state index contributed by atoms with van der Waals surface area (Å²) in [7, 11) is 0. The van der Waals surface area contributed by atoms with Gasteiger partial charge in [0.25, 0.3) is 0 Å². The van der Waals surface area contributed by atoms with E-state index in [0.29, 0.717) is 0 Å². The van der Waals surface area contributed by atoms with Crippen LogP contribution < -0.4 is 5.32 Å². The Balaban J connectivity index is 1.98. The van der Waals surface area contributed by atoms with E-state index in [4.69, 9.17) is 0 Å². The predicted molar refractivity (Wildman–Crippen MR) is 86.6 cm³/mol. The first-order chi connectivity index (χ1) is 9.38. The molecule has 0 saturated heterocycles. The molecule has 0 bridgehead atoms. The molecule has 1 fully saturated rings. The van der Waals surface area contributed by atoms with Crippen molar-refractivity contribution in [2.45, 2.75) is 103 Å². The van der Waals surface area contributed by atoms with E-state index < -0.39 is 0 Å². The second-order valence-corrected chi connectivity index (χ2v) is 6.47. The topological polar surface area (TPSA) is 12.0 Å². The molecule has 0 spiro atoms. The third-order valence-electron chi connectivity index (χ3n) is 4.80. The van der Waals surface area contributed by atoms with Gasteiger partial charge in [0.2, 0.25) is 0 Å². The van der Waals surface area contributed by atoms with E-state index in [1.54, 1.807) is 0 Å². The molecule has 1 N–H and O–H groups in total. The maximum Gasteiger partial charge on any atom is 0.00952 e. The zero-order valence-corrected chi connectivity index (χ0v) is 13.6. The lowest BCUT2D eigenvalue weighted by atomic mass is 9.93. The minimum absolute atomic E-state index is 0.826. The summed E-state index contributed by atoms with van der Waals surface area (Å²) in [4.78, 5) is 0. The Morgan fingerprint density at radius 1 is 0.842 bits per heavy atom. The Labute approximate surface area is 121 Å². The van der Waals surface area contributed by atoms with E-state index in [9.17, 15) is 0 Å². The van der Waals surface area contributed by atoms with Crippen LogP contribution in [-0.2, 0) is 0 Å². The molecular formula is C18H37N. The first-order valence-corrected chi connectivity index (χ1v) is 9.11. The fourth-order valence-corrected chi connectivity index (χ4v) is 3.62. The summed E-state index contributed by atoms with van der Waals surface area (Å²) in [6.07, 6.45) is 18.9. The van der Waals surface area contributed by atoms with Crippen LogP contribution in [0.4, 0.5) is 0 Å². The summed E-state index contributed by atoms with van der Waals surface area (Å²) < 4.78 is 0. The van der Waals surface area contributed by atoms with Crippen molar-refractivity contribution in [3.63, 3.8) is 0 Å². The third kappa shape index (κ3) is 7.97. The van der Waals surface area contributed by atoms with Gasteiger partial charge in [0, 0.05) is 6.04 Å². The minimum Gasteiger partial charge on any atom is -0.314 e. The molecule has 1 atom stereocenters. The number of nitrogens with one attached hydrogen (secondary N) is 1. The van der Waals surface area contributed by atoms with Crippen LogP contribution in [0, 0.1) is 5.92 Å². The van der Waals surface area contributed by atoms with Crippen molar-refractivity contribution in [3.05, 3.63) is 0 Å². The lowest BCUT2D eigenvalue weighted by Gasteiger charge is -2.24. The molecule has 0 aromatic rings. The lowest BCUT2D eigenvalue weighted by molar-refractivity contribution is 0.335. The van der Waals surface area contributed by atoms with Gasteiger partial charge in [-0.25, -0.2) is 0 Å². The first kappa shape index (κ1) is 17.0. The lowest BCUT2D eigenvalue weighted by Crippen LogP contribution is -2.34. The van der Waals surface area contributed by atoms with Crippen LogP contribution in [0.5, 0.6) is 0 Å². The van der Waals surface area contributed by atoms with E-state index in [2.05, 4.69) is 19.2 Å². The standard InChI is InChI=1S/C18H37N/c1-3-5-6-7-8-9-10-11-16-18(19-4-2)17-14-12-13-15-17/h17-19H,3-16H2,1-2H3. The van der Waals surface area contributed by atoms with Gasteiger partial charge in [-0.05, 0) is 31.7 Å². The van der Waals surface area contributed by atoms with Crippen LogP contribution >= 0.6 is 0 Å². The molecule has 114 valence electrons. The van der Waals surface area contributed by atoms with Gasteiger partial charge in [0.1, 0.15) is 0 Å². The van der Waals surface area contributed by atoms with E-state index in [-0.39, 0.29) is 0 Å². The average molecular weight is 268 g/mol. The summed E-state index contributed by atoms with van der Waals surface area (Å²) in [5.74, 6) is 0.990. The first-order valence-electron chi connectivity index (χ1n) is 9.11. The van der Waals surface area contributed by atoms with Gasteiger partial charge in [-0.1, -0.05) is 78.1 Å². The molecule has 19 heavy (non-hydrogen) atoms. The summed E-state index contributed by atoms with van der Waals surface area (Å²) in [6, 6.07) is 0.826. The molecule has 1 unspecified atom stereocenters. The Morgan fingerprint density at radius 2 is 1.42 bits per heavy atom. The Hall–Kier alpha value is -0.0400. The second kappa shape index (κ2) is 11.8. The molecule has 0 amide bonds. The van der Waals surface area contributed by atoms with Crippen molar-refractivity contribution in [1.29, 1.82) is 0 Å². The number of unbranched alkanes of at least 4 members (excludes halogenated alkanes) is 7. The molecule has 1 rings (SSSR count). The van der Waals surface area contributed by atoms with Crippen molar-refractivity contribution < 1.29 is 0 Å². The van der Waals surface area contributed by atoms with Gasteiger partial charge in [0.05, 0.1) is 0 Å². The zero-order chi connectivity index (χ0) is 13.8. The summed E-state index contributed by atoms with van der Waals surface area (Å²) in [5.41, 5.74) is 0. The number of hydrogen-bond acceptors (Lipinski definition) is 1. The van der Waals surface area contributed by atoms with Gasteiger partial charge < -0.3 is 5.32 Å². The molecule has 0 radical (unpaired) electrons. The van der Waals surface area contributed by atoms with E-state index in [0.717, 1.165) is 18.5 Å². The Morgan fingerprint density at radius 3 is 2.00 bits per heavy atom. The Bertz CT molecular complexity index is 184. The van der Waals surface area contributed by atoms with E-state index in [1.807, 2.05) is 0 Å². The maximum absolute atomic E-state index is 3.74. The highest BCUT2D eigenvalue weighted by atomic mass is 14.9. The van der Waals surface area contributed by atoms with Crippen molar-refractivity contribution >= 4 is 0 Å². The van der Waals surface area contributed by atoms with E-state index >= 15 is 0 Å². The Kier molecular flexibility index (Phi) is 10.5. The van der Waals surface area contributed by atoms with Crippen LogP contribution in [0.15, 0.2) is 0 Å². The molecule has 1 aliphatic carbocycles. The van der Waals surface area contributed by atoms with Crippen molar-refractivity contribution in [1.82, 2.24) is 5.32 Å². The highest BCUT2D eigenvalue weighted by molar-refractivity contribution is 4.80. The van der Waals surface area contributed by atoms with E-state index in [1.165, 1.54) is 83.5 Å². The fourth-order valence-electron chi connectivity index (χ4n) is 3.62. The number of hydrogen-bond donors (Lipinski definition) is 1. The molecule has 1 saturated carbocycles. The molecule has 1 nitrogen and oxygen atoms in total. The minimum atomic E-state index is 0.826. The highest BCUT2D eigenvalue weighted by Crippen LogP contribution is 2.29. The zero-order valence-electron chi connectivity index (χ0n) is 13.6. The van der Waals surface area contributed by atoms with Crippen LogP contribution in [0.25, 0.3) is 0 Å². The van der Waals surface area contributed by atoms with Crippen LogP contribution in [0.1, 0.15) is 97.3 Å². The molecule has 0 aromatic heterocycles.